The Morgan fingerprint density at radius 1 is 1.50 bits per heavy atom. The average molecular weight is 249 g/mol. The van der Waals surface area contributed by atoms with Crippen molar-refractivity contribution in [2.75, 3.05) is 32.1 Å². The summed E-state index contributed by atoms with van der Waals surface area (Å²) >= 11 is 0. The van der Waals surface area contributed by atoms with Crippen molar-refractivity contribution < 1.29 is 4.79 Å². The predicted octanol–water partition coefficient (Wildman–Crippen LogP) is 0.165. The third-order valence-corrected chi connectivity index (χ3v) is 3.17. The van der Waals surface area contributed by atoms with Crippen LogP contribution < -0.4 is 10.6 Å². The van der Waals surface area contributed by atoms with E-state index in [1.807, 2.05) is 19.0 Å². The Morgan fingerprint density at radius 3 is 2.89 bits per heavy atom. The van der Waals surface area contributed by atoms with Gasteiger partial charge in [-0.3, -0.25) is 14.7 Å². The number of nitrogens with two attached hydrogens (primary N) is 1. The minimum absolute atomic E-state index is 0.142. The summed E-state index contributed by atoms with van der Waals surface area (Å²) in [6, 6.07) is 0.142. The van der Waals surface area contributed by atoms with Gasteiger partial charge in [0, 0.05) is 26.5 Å². The quantitative estimate of drug-likeness (QED) is 0.823. The molecule has 0 aromatic carbocycles. The molecular formula is C12H19N5O. The number of hydrogen-bond acceptors (Lipinski definition) is 5. The molecule has 0 bridgehead atoms. The molecule has 6 heteroatoms. The highest BCUT2D eigenvalue weighted by Crippen LogP contribution is 2.33. The Hall–Kier alpha value is -1.69. The summed E-state index contributed by atoms with van der Waals surface area (Å²) in [5, 5.41) is 0. The van der Waals surface area contributed by atoms with Crippen molar-refractivity contribution in [1.29, 1.82) is 0 Å². The minimum Gasteiger partial charge on any atom is -0.369 e. The van der Waals surface area contributed by atoms with Crippen LogP contribution in [0.15, 0.2) is 12.4 Å². The van der Waals surface area contributed by atoms with Crippen molar-refractivity contribution in [1.82, 2.24) is 14.9 Å². The first-order chi connectivity index (χ1) is 8.59. The van der Waals surface area contributed by atoms with Crippen LogP contribution in [0.5, 0.6) is 0 Å². The zero-order valence-corrected chi connectivity index (χ0v) is 10.8. The lowest BCUT2D eigenvalue weighted by Crippen LogP contribution is -2.34. The van der Waals surface area contributed by atoms with E-state index in [9.17, 15) is 4.79 Å². The second kappa shape index (κ2) is 5.30. The molecule has 2 N–H and O–H groups in total. The Bertz CT molecular complexity index is 434. The summed E-state index contributed by atoms with van der Waals surface area (Å²) in [4.78, 5) is 23.9. The van der Waals surface area contributed by atoms with Crippen molar-refractivity contribution in [3.63, 3.8) is 0 Å². The fourth-order valence-corrected chi connectivity index (χ4v) is 2.45. The van der Waals surface area contributed by atoms with Gasteiger partial charge in [0.15, 0.2) is 5.82 Å². The van der Waals surface area contributed by atoms with E-state index in [-0.39, 0.29) is 18.5 Å². The van der Waals surface area contributed by atoms with Gasteiger partial charge in [0.1, 0.15) is 0 Å². The number of rotatable bonds is 4. The molecule has 1 aliphatic rings. The van der Waals surface area contributed by atoms with Crippen LogP contribution in [0.3, 0.4) is 0 Å². The Balaban J connectivity index is 2.27. The molecule has 1 aromatic rings. The monoisotopic (exact) mass is 249 g/mol. The van der Waals surface area contributed by atoms with E-state index in [1.165, 1.54) is 0 Å². The molecule has 6 nitrogen and oxygen atoms in total. The zero-order valence-electron chi connectivity index (χ0n) is 10.8. The lowest BCUT2D eigenvalue weighted by atomic mass is 10.1. The number of hydrogen-bond donors (Lipinski definition) is 1. The second-order valence-electron chi connectivity index (χ2n) is 4.75. The fourth-order valence-electron chi connectivity index (χ4n) is 2.45. The summed E-state index contributed by atoms with van der Waals surface area (Å²) in [6.07, 6.45) is 5.43. The number of anilines is 1. The smallest absolute Gasteiger partial charge is 0.231 e. The first-order valence-corrected chi connectivity index (χ1v) is 6.10. The molecule has 0 spiro atoms. The van der Waals surface area contributed by atoms with Gasteiger partial charge in [0.25, 0.3) is 0 Å². The highest BCUT2D eigenvalue weighted by molar-refractivity contribution is 5.76. The summed E-state index contributed by atoms with van der Waals surface area (Å²) in [6.45, 7) is 1.17. The van der Waals surface area contributed by atoms with Crippen LogP contribution in [-0.4, -0.2) is 48.0 Å². The molecule has 1 aromatic heterocycles. The van der Waals surface area contributed by atoms with Gasteiger partial charge in [-0.2, -0.15) is 0 Å². The van der Waals surface area contributed by atoms with Crippen LogP contribution in [0.1, 0.15) is 24.6 Å². The van der Waals surface area contributed by atoms with E-state index < -0.39 is 0 Å². The molecule has 1 amide bonds. The summed E-state index contributed by atoms with van der Waals surface area (Å²) in [5.41, 5.74) is 6.22. The standard InChI is InChI=1S/C12H19N5O/c1-16(2)12-11(14-5-6-15-12)9-4-3-7-17(9)8-10(13)18/h5-6,9H,3-4,7-8H2,1-2H3,(H2,13,18)/t9-/m1/s1. The number of carbonyl (C=O) groups is 1. The molecule has 18 heavy (non-hydrogen) atoms. The van der Waals surface area contributed by atoms with Gasteiger partial charge >= 0.3 is 0 Å². The van der Waals surface area contributed by atoms with Crippen LogP contribution >= 0.6 is 0 Å². The average Bonchev–Trinajstić information content (AvgIpc) is 2.76. The van der Waals surface area contributed by atoms with Gasteiger partial charge in [-0.15, -0.1) is 0 Å². The van der Waals surface area contributed by atoms with E-state index in [0.717, 1.165) is 30.9 Å². The SMILES string of the molecule is CN(C)c1nccnc1[C@H]1CCCN1CC(N)=O. The Morgan fingerprint density at radius 2 is 2.22 bits per heavy atom. The number of aromatic nitrogens is 2. The molecule has 1 aliphatic heterocycles. The first-order valence-electron chi connectivity index (χ1n) is 6.10. The van der Waals surface area contributed by atoms with Crippen molar-refractivity contribution in [2.45, 2.75) is 18.9 Å². The number of carbonyl (C=O) groups excluding carboxylic acids is 1. The number of primary amides is 1. The Kier molecular flexibility index (Phi) is 3.76. The Labute approximate surface area is 107 Å². The lowest BCUT2D eigenvalue weighted by molar-refractivity contribution is -0.119. The predicted molar refractivity (Wildman–Crippen MR) is 69.1 cm³/mol. The first kappa shape index (κ1) is 12.8. The molecule has 1 saturated heterocycles. The van der Waals surface area contributed by atoms with Crippen molar-refractivity contribution in [3.8, 4) is 0 Å². The molecular weight excluding hydrogens is 230 g/mol. The minimum atomic E-state index is -0.294. The number of likely N-dealkylation sites (tertiary alicyclic amines) is 1. The maximum atomic E-state index is 11.1. The van der Waals surface area contributed by atoms with E-state index in [0.29, 0.717) is 0 Å². The fraction of sp³-hybridized carbons (Fsp3) is 0.583. The van der Waals surface area contributed by atoms with Gasteiger partial charge < -0.3 is 10.6 Å². The van der Waals surface area contributed by atoms with Crippen LogP contribution in [-0.2, 0) is 4.79 Å². The molecule has 0 unspecified atom stereocenters. The van der Waals surface area contributed by atoms with E-state index in [1.54, 1.807) is 12.4 Å². The van der Waals surface area contributed by atoms with Gasteiger partial charge in [0.05, 0.1) is 18.3 Å². The largest absolute Gasteiger partial charge is 0.369 e. The van der Waals surface area contributed by atoms with E-state index in [2.05, 4.69) is 14.9 Å². The molecule has 2 rings (SSSR count). The molecule has 98 valence electrons. The van der Waals surface area contributed by atoms with Crippen LogP contribution in [0, 0.1) is 0 Å². The normalized spacial score (nSPS) is 20.0. The van der Waals surface area contributed by atoms with Crippen LogP contribution in [0.25, 0.3) is 0 Å². The van der Waals surface area contributed by atoms with Gasteiger partial charge in [-0.25, -0.2) is 4.98 Å². The molecule has 1 atom stereocenters. The van der Waals surface area contributed by atoms with E-state index >= 15 is 0 Å². The maximum absolute atomic E-state index is 11.1. The van der Waals surface area contributed by atoms with Gasteiger partial charge in [0.2, 0.25) is 5.91 Å². The maximum Gasteiger partial charge on any atom is 0.231 e. The number of nitrogens with zero attached hydrogens (tertiary/aromatic N) is 4. The van der Waals surface area contributed by atoms with E-state index in [4.69, 9.17) is 5.73 Å². The summed E-state index contributed by atoms with van der Waals surface area (Å²) in [7, 11) is 3.89. The highest BCUT2D eigenvalue weighted by atomic mass is 16.1. The van der Waals surface area contributed by atoms with Crippen molar-refractivity contribution >= 4 is 11.7 Å². The van der Waals surface area contributed by atoms with Crippen LogP contribution in [0.2, 0.25) is 0 Å². The molecule has 2 heterocycles. The second-order valence-corrected chi connectivity index (χ2v) is 4.75. The number of amides is 1. The zero-order chi connectivity index (χ0) is 13.1. The molecule has 0 aliphatic carbocycles. The highest BCUT2D eigenvalue weighted by Gasteiger charge is 2.30. The van der Waals surface area contributed by atoms with Gasteiger partial charge in [-0.1, -0.05) is 0 Å². The third-order valence-electron chi connectivity index (χ3n) is 3.17. The topological polar surface area (TPSA) is 75.3 Å². The molecule has 0 radical (unpaired) electrons. The summed E-state index contributed by atoms with van der Waals surface area (Å²) in [5.74, 6) is 0.566. The van der Waals surface area contributed by atoms with Crippen LogP contribution in [0.4, 0.5) is 5.82 Å². The third kappa shape index (κ3) is 2.59. The molecule has 0 saturated carbocycles. The van der Waals surface area contributed by atoms with Crippen molar-refractivity contribution in [2.24, 2.45) is 5.73 Å². The summed E-state index contributed by atoms with van der Waals surface area (Å²) < 4.78 is 0. The van der Waals surface area contributed by atoms with Gasteiger partial charge in [-0.05, 0) is 19.4 Å². The van der Waals surface area contributed by atoms with Crippen molar-refractivity contribution in [3.05, 3.63) is 18.1 Å². The lowest BCUT2D eigenvalue weighted by Gasteiger charge is -2.25. The molecule has 1 fully saturated rings.